The quantitative estimate of drug-likeness (QED) is 0.138. The van der Waals surface area contributed by atoms with Crippen LogP contribution in [0.15, 0.2) is 85.7 Å². The molecule has 60 heavy (non-hydrogen) atoms. The van der Waals surface area contributed by atoms with E-state index in [1.54, 1.807) is 29.7 Å². The summed E-state index contributed by atoms with van der Waals surface area (Å²) >= 11 is 0. The Kier molecular flexibility index (Phi) is 12.9. The Morgan fingerprint density at radius 1 is 0.667 bits per heavy atom. The molecule has 2 aliphatic heterocycles. The third-order valence-electron chi connectivity index (χ3n) is 9.63. The molecule has 0 bridgehead atoms. The van der Waals surface area contributed by atoms with Crippen LogP contribution in [0.5, 0.6) is 0 Å². The van der Waals surface area contributed by atoms with Gasteiger partial charge in [0.05, 0.1) is 11.1 Å². The van der Waals surface area contributed by atoms with Crippen molar-refractivity contribution in [2.45, 2.75) is 63.7 Å². The van der Waals surface area contributed by atoms with E-state index in [2.05, 4.69) is 45.9 Å². The molecule has 2 saturated heterocycles. The first-order valence-electron chi connectivity index (χ1n) is 18.8. The zero-order valence-corrected chi connectivity index (χ0v) is 33.4. The predicted octanol–water partition coefficient (Wildman–Crippen LogP) is 9.04. The lowest BCUT2D eigenvalue weighted by Gasteiger charge is -2.24. The highest BCUT2D eigenvalue weighted by molar-refractivity contribution is 5.97. The second-order valence-corrected chi connectivity index (χ2v) is 15.1. The van der Waals surface area contributed by atoms with Gasteiger partial charge in [-0.3, -0.25) is 9.97 Å². The highest BCUT2D eigenvalue weighted by Crippen LogP contribution is 2.35. The van der Waals surface area contributed by atoms with Crippen molar-refractivity contribution in [3.8, 4) is 22.3 Å². The summed E-state index contributed by atoms with van der Waals surface area (Å²) in [6, 6.07) is 10.1. The van der Waals surface area contributed by atoms with Crippen LogP contribution in [0, 0.1) is 0 Å². The van der Waals surface area contributed by atoms with E-state index >= 15 is 0 Å². The SMILES string of the molecule is CC(C)(C)OC(=O)N1CC[C@H](Nc2ncc(-c3ccc(C(F)(F)F)cc3)c3nccnc23)C1.Cl.FC(F)(F)c1ccc(-c2cnc(N[C@H]3CCNC3)c3nccnc23)cc1. The van der Waals surface area contributed by atoms with Gasteiger partial charge in [-0.15, -0.1) is 12.4 Å². The Morgan fingerprint density at radius 3 is 1.53 bits per heavy atom. The number of halogens is 7. The van der Waals surface area contributed by atoms with E-state index in [4.69, 9.17) is 4.74 Å². The van der Waals surface area contributed by atoms with Crippen LogP contribution in [0.25, 0.3) is 44.3 Å². The third kappa shape index (κ3) is 10.3. The van der Waals surface area contributed by atoms with E-state index in [1.165, 1.54) is 36.7 Å². The maximum absolute atomic E-state index is 12.9. The zero-order valence-electron chi connectivity index (χ0n) is 32.6. The first-order valence-corrected chi connectivity index (χ1v) is 18.8. The number of carbonyl (C=O) groups excluding carboxylic acids is 1. The van der Waals surface area contributed by atoms with E-state index in [0.717, 1.165) is 43.8 Å². The van der Waals surface area contributed by atoms with Crippen molar-refractivity contribution in [1.82, 2.24) is 40.1 Å². The largest absolute Gasteiger partial charge is 0.444 e. The highest BCUT2D eigenvalue weighted by Gasteiger charge is 2.32. The lowest BCUT2D eigenvalue weighted by atomic mass is 10.0. The highest BCUT2D eigenvalue weighted by atomic mass is 35.5. The molecular weight excluding hydrogens is 814 g/mol. The Bertz CT molecular complexity index is 2420. The smallest absolute Gasteiger partial charge is 0.416 e. The minimum absolute atomic E-state index is 0. The number of pyridine rings is 2. The molecule has 1 amide bonds. The molecule has 8 rings (SSSR count). The Labute approximate surface area is 347 Å². The molecule has 0 radical (unpaired) electrons. The van der Waals surface area contributed by atoms with E-state index in [0.29, 0.717) is 75.5 Å². The first-order chi connectivity index (χ1) is 28.0. The molecule has 2 atom stereocenters. The number of hydrogen-bond donors (Lipinski definition) is 3. The minimum Gasteiger partial charge on any atom is -0.444 e. The summed E-state index contributed by atoms with van der Waals surface area (Å²) < 4.78 is 82.5. The van der Waals surface area contributed by atoms with E-state index in [9.17, 15) is 31.1 Å². The average molecular weight is 855 g/mol. The molecular formula is C41H41ClF6N10O2. The van der Waals surface area contributed by atoms with Crippen molar-refractivity contribution in [3.63, 3.8) is 0 Å². The minimum atomic E-state index is -4.40. The number of anilines is 2. The molecule has 6 heterocycles. The molecule has 6 aromatic rings. The molecule has 0 saturated carbocycles. The maximum Gasteiger partial charge on any atom is 0.416 e. The summed E-state index contributed by atoms with van der Waals surface area (Å²) in [5, 5.41) is 9.97. The van der Waals surface area contributed by atoms with Crippen LogP contribution in [0.2, 0.25) is 0 Å². The van der Waals surface area contributed by atoms with Crippen LogP contribution >= 0.6 is 12.4 Å². The Balaban J connectivity index is 0.000000203. The molecule has 0 aliphatic carbocycles. The molecule has 3 N–H and O–H groups in total. The maximum atomic E-state index is 12.9. The second-order valence-electron chi connectivity index (χ2n) is 15.1. The molecule has 0 spiro atoms. The summed E-state index contributed by atoms with van der Waals surface area (Å²) in [6.07, 6.45) is 1.99. The van der Waals surface area contributed by atoms with Crippen LogP contribution in [-0.2, 0) is 17.1 Å². The number of fused-ring (bicyclic) bond motifs is 2. The monoisotopic (exact) mass is 854 g/mol. The summed E-state index contributed by atoms with van der Waals surface area (Å²) in [6.45, 7) is 8.28. The van der Waals surface area contributed by atoms with Gasteiger partial charge in [-0.2, -0.15) is 26.3 Å². The van der Waals surface area contributed by atoms with Gasteiger partial charge in [0.2, 0.25) is 0 Å². The van der Waals surface area contributed by atoms with Gasteiger partial charge < -0.3 is 25.6 Å². The van der Waals surface area contributed by atoms with Crippen molar-refractivity contribution in [2.24, 2.45) is 0 Å². The third-order valence-corrected chi connectivity index (χ3v) is 9.63. The van der Waals surface area contributed by atoms with Crippen molar-refractivity contribution in [3.05, 3.63) is 96.8 Å². The van der Waals surface area contributed by atoms with Gasteiger partial charge in [0.25, 0.3) is 0 Å². The summed E-state index contributed by atoms with van der Waals surface area (Å²) in [5.41, 5.74) is 2.69. The number of rotatable bonds is 6. The fraction of sp³-hybridized carbons (Fsp3) is 0.341. The van der Waals surface area contributed by atoms with Crippen molar-refractivity contribution >= 4 is 52.2 Å². The van der Waals surface area contributed by atoms with E-state index in [1.807, 2.05) is 20.8 Å². The van der Waals surface area contributed by atoms with Gasteiger partial charge in [0.15, 0.2) is 11.6 Å². The van der Waals surface area contributed by atoms with Crippen LogP contribution in [0.3, 0.4) is 0 Å². The fourth-order valence-corrected chi connectivity index (χ4v) is 6.77. The molecule has 19 heteroatoms. The first kappa shape index (κ1) is 43.7. The molecule has 2 fully saturated rings. The number of nitrogens with one attached hydrogen (secondary N) is 3. The number of ether oxygens (including phenoxy) is 1. The van der Waals surface area contributed by atoms with Gasteiger partial charge in [0, 0.05) is 80.0 Å². The van der Waals surface area contributed by atoms with Crippen LogP contribution in [0.4, 0.5) is 42.8 Å². The van der Waals surface area contributed by atoms with Gasteiger partial charge in [0.1, 0.15) is 27.7 Å². The van der Waals surface area contributed by atoms with E-state index < -0.39 is 29.1 Å². The van der Waals surface area contributed by atoms with Gasteiger partial charge in [-0.05, 0) is 75.5 Å². The number of likely N-dealkylation sites (tertiary alicyclic amines) is 1. The number of aromatic nitrogens is 6. The Hall–Kier alpha value is -5.88. The average Bonchev–Trinajstić information content (AvgIpc) is 3.90. The topological polar surface area (TPSA) is 143 Å². The van der Waals surface area contributed by atoms with Gasteiger partial charge in [-0.25, -0.2) is 24.7 Å². The summed E-state index contributed by atoms with van der Waals surface area (Å²) in [4.78, 5) is 40.5. The number of hydrogen-bond acceptors (Lipinski definition) is 11. The molecule has 0 unspecified atom stereocenters. The lowest BCUT2D eigenvalue weighted by Crippen LogP contribution is -2.36. The normalized spacial score (nSPS) is 16.9. The molecule has 316 valence electrons. The fourth-order valence-electron chi connectivity index (χ4n) is 6.77. The molecule has 12 nitrogen and oxygen atoms in total. The number of amides is 1. The van der Waals surface area contributed by atoms with Gasteiger partial charge in [-0.1, -0.05) is 24.3 Å². The predicted molar refractivity (Wildman–Crippen MR) is 218 cm³/mol. The number of carbonyl (C=O) groups is 1. The van der Waals surface area contributed by atoms with Crippen LogP contribution in [0.1, 0.15) is 44.7 Å². The molecule has 2 aliphatic rings. The van der Waals surface area contributed by atoms with Crippen molar-refractivity contribution in [1.29, 1.82) is 0 Å². The van der Waals surface area contributed by atoms with Gasteiger partial charge >= 0.3 is 18.4 Å². The lowest BCUT2D eigenvalue weighted by molar-refractivity contribution is -0.138. The van der Waals surface area contributed by atoms with Crippen molar-refractivity contribution in [2.75, 3.05) is 36.8 Å². The van der Waals surface area contributed by atoms with E-state index in [-0.39, 0.29) is 30.6 Å². The molecule has 2 aromatic carbocycles. The number of nitrogens with zero attached hydrogens (tertiary/aromatic N) is 7. The second kappa shape index (κ2) is 17.8. The number of alkyl halides is 6. The van der Waals surface area contributed by atoms with Crippen LogP contribution < -0.4 is 16.0 Å². The molecule has 4 aromatic heterocycles. The zero-order chi connectivity index (χ0) is 42.0. The Morgan fingerprint density at radius 2 is 1.12 bits per heavy atom. The summed E-state index contributed by atoms with van der Waals surface area (Å²) in [7, 11) is 0. The van der Waals surface area contributed by atoms with Crippen LogP contribution in [-0.4, -0.2) is 84.8 Å². The number of benzene rings is 2. The van der Waals surface area contributed by atoms with Crippen molar-refractivity contribution < 1.29 is 35.9 Å². The summed E-state index contributed by atoms with van der Waals surface area (Å²) in [5.74, 6) is 1.14. The standard InChI is InChI=1S/C23H24F3N5O2.C18H16F3N5.ClH/c1-22(2,3)33-21(32)31-11-8-16(13-31)30-20-19-18(27-9-10-28-19)17(12-29-20)14-4-6-15(7-5-14)23(24,25)26;19-18(20,21)12-3-1-11(2-4-12)14-10-25-17(26-13-5-6-22-9-13)16-15(14)23-7-8-24-16;/h4-7,9-10,12,16H,8,11,13H2,1-3H3,(H,29,30);1-4,7-8,10,13,22H,5-6,9H2,(H,25,26);1H/t16-;13-;/m00./s1.